The Balaban J connectivity index is 2.27. The van der Waals surface area contributed by atoms with Crippen molar-refractivity contribution in [2.45, 2.75) is 32.8 Å². The molecule has 0 saturated heterocycles. The van der Waals surface area contributed by atoms with Crippen molar-refractivity contribution >= 4 is 11.6 Å². The number of nitrogens with two attached hydrogens (primary N) is 1. The van der Waals surface area contributed by atoms with Crippen LogP contribution in [0.2, 0.25) is 0 Å². The van der Waals surface area contributed by atoms with Gasteiger partial charge in [-0.05, 0) is 43.0 Å². The van der Waals surface area contributed by atoms with Crippen LogP contribution in [-0.2, 0) is 4.79 Å². The van der Waals surface area contributed by atoms with Gasteiger partial charge in [-0.1, -0.05) is 19.9 Å². The SMILES string of the molecule is CC(C)CN1C(=O)COc2ccc(C(O)CCCN)cc21. The summed E-state index contributed by atoms with van der Waals surface area (Å²) in [7, 11) is 0. The van der Waals surface area contributed by atoms with E-state index >= 15 is 0 Å². The first-order valence-electron chi connectivity index (χ1n) is 7.48. The van der Waals surface area contributed by atoms with Gasteiger partial charge in [0.15, 0.2) is 6.61 Å². The standard InChI is InChI=1S/C16H24N2O3/c1-11(2)9-18-13-8-12(14(19)4-3-7-17)5-6-15(13)21-10-16(18)20/h5-6,8,11,14,19H,3-4,7,9-10,17H2,1-2H3. The van der Waals surface area contributed by atoms with Crippen molar-refractivity contribution in [2.24, 2.45) is 11.7 Å². The molecule has 0 aliphatic carbocycles. The fourth-order valence-electron chi connectivity index (χ4n) is 2.47. The zero-order valence-corrected chi connectivity index (χ0v) is 12.7. The summed E-state index contributed by atoms with van der Waals surface area (Å²) >= 11 is 0. The highest BCUT2D eigenvalue weighted by Crippen LogP contribution is 2.35. The highest BCUT2D eigenvalue weighted by atomic mass is 16.5. The summed E-state index contributed by atoms with van der Waals surface area (Å²) in [5.74, 6) is 1.03. The van der Waals surface area contributed by atoms with Crippen LogP contribution in [0, 0.1) is 5.92 Å². The Morgan fingerprint density at radius 3 is 2.86 bits per heavy atom. The molecule has 1 unspecified atom stereocenters. The molecule has 1 amide bonds. The monoisotopic (exact) mass is 292 g/mol. The minimum absolute atomic E-state index is 0.0372. The number of anilines is 1. The fourth-order valence-corrected chi connectivity index (χ4v) is 2.47. The number of benzene rings is 1. The predicted octanol–water partition coefficient (Wildman–Crippen LogP) is 1.84. The zero-order valence-electron chi connectivity index (χ0n) is 12.7. The third kappa shape index (κ3) is 3.74. The molecule has 3 N–H and O–H groups in total. The molecule has 2 rings (SSSR count). The number of hydrogen-bond acceptors (Lipinski definition) is 4. The van der Waals surface area contributed by atoms with Crippen molar-refractivity contribution in [3.8, 4) is 5.75 Å². The number of fused-ring (bicyclic) bond motifs is 1. The lowest BCUT2D eigenvalue weighted by Gasteiger charge is -2.31. The number of ether oxygens (including phenoxy) is 1. The number of amides is 1. The van der Waals surface area contributed by atoms with Crippen molar-refractivity contribution in [3.63, 3.8) is 0 Å². The molecule has 0 aromatic heterocycles. The Bertz CT molecular complexity index is 502. The molecule has 21 heavy (non-hydrogen) atoms. The largest absolute Gasteiger partial charge is 0.482 e. The first-order valence-corrected chi connectivity index (χ1v) is 7.48. The topological polar surface area (TPSA) is 75.8 Å². The first kappa shape index (κ1) is 15.8. The normalized spacial score (nSPS) is 15.9. The summed E-state index contributed by atoms with van der Waals surface area (Å²) in [6.07, 6.45) is 0.828. The van der Waals surface area contributed by atoms with Gasteiger partial charge in [-0.2, -0.15) is 0 Å². The molecule has 1 aromatic carbocycles. The van der Waals surface area contributed by atoms with Crippen molar-refractivity contribution in [1.82, 2.24) is 0 Å². The average Bonchev–Trinajstić information content (AvgIpc) is 2.47. The summed E-state index contributed by atoms with van der Waals surface area (Å²) in [5.41, 5.74) is 7.03. The van der Waals surface area contributed by atoms with Gasteiger partial charge < -0.3 is 20.5 Å². The summed E-state index contributed by atoms with van der Waals surface area (Å²) in [6, 6.07) is 5.54. The number of rotatable bonds is 6. The first-order chi connectivity index (χ1) is 10.0. The molecule has 1 heterocycles. The van der Waals surface area contributed by atoms with E-state index in [1.165, 1.54) is 0 Å². The Hall–Kier alpha value is -1.59. The van der Waals surface area contributed by atoms with Crippen LogP contribution in [0.3, 0.4) is 0 Å². The molecule has 0 saturated carbocycles. The summed E-state index contributed by atoms with van der Waals surface area (Å²) in [6.45, 7) is 5.43. The maximum Gasteiger partial charge on any atom is 0.265 e. The van der Waals surface area contributed by atoms with Crippen LogP contribution in [0.1, 0.15) is 38.4 Å². The molecule has 0 spiro atoms. The molecule has 5 nitrogen and oxygen atoms in total. The summed E-state index contributed by atoms with van der Waals surface area (Å²) in [5, 5.41) is 10.2. The Morgan fingerprint density at radius 2 is 2.19 bits per heavy atom. The van der Waals surface area contributed by atoms with Gasteiger partial charge >= 0.3 is 0 Å². The van der Waals surface area contributed by atoms with Crippen molar-refractivity contribution in [1.29, 1.82) is 0 Å². The molecule has 0 fully saturated rings. The molecular weight excluding hydrogens is 268 g/mol. The summed E-state index contributed by atoms with van der Waals surface area (Å²) < 4.78 is 5.47. The number of nitrogens with zero attached hydrogens (tertiary/aromatic N) is 1. The van der Waals surface area contributed by atoms with Crippen LogP contribution in [0.25, 0.3) is 0 Å². The van der Waals surface area contributed by atoms with E-state index in [1.807, 2.05) is 18.2 Å². The van der Waals surface area contributed by atoms with Crippen LogP contribution in [0.4, 0.5) is 5.69 Å². The second-order valence-corrected chi connectivity index (χ2v) is 5.86. The minimum Gasteiger partial charge on any atom is -0.482 e. The number of aliphatic hydroxyl groups is 1. The quantitative estimate of drug-likeness (QED) is 0.839. The van der Waals surface area contributed by atoms with Gasteiger partial charge in [0.05, 0.1) is 11.8 Å². The van der Waals surface area contributed by atoms with Crippen molar-refractivity contribution in [3.05, 3.63) is 23.8 Å². The predicted molar refractivity (Wildman–Crippen MR) is 82.4 cm³/mol. The average molecular weight is 292 g/mol. The Morgan fingerprint density at radius 1 is 1.43 bits per heavy atom. The van der Waals surface area contributed by atoms with Crippen molar-refractivity contribution in [2.75, 3.05) is 24.6 Å². The minimum atomic E-state index is -0.559. The second-order valence-electron chi connectivity index (χ2n) is 5.86. The Labute approximate surface area is 125 Å². The van der Waals surface area contributed by atoms with Crippen LogP contribution in [0.15, 0.2) is 18.2 Å². The molecule has 1 atom stereocenters. The van der Waals surface area contributed by atoms with Gasteiger partial charge in [-0.3, -0.25) is 4.79 Å². The van der Waals surface area contributed by atoms with Crippen LogP contribution < -0.4 is 15.4 Å². The van der Waals surface area contributed by atoms with Gasteiger partial charge in [0.25, 0.3) is 5.91 Å². The third-order valence-corrected chi connectivity index (χ3v) is 3.54. The van der Waals surface area contributed by atoms with Crippen LogP contribution in [0.5, 0.6) is 5.75 Å². The van der Waals surface area contributed by atoms with E-state index in [4.69, 9.17) is 10.5 Å². The summed E-state index contributed by atoms with van der Waals surface area (Å²) in [4.78, 5) is 13.8. The number of aliphatic hydroxyl groups excluding tert-OH is 1. The van der Waals surface area contributed by atoms with Crippen LogP contribution in [-0.4, -0.2) is 30.7 Å². The smallest absolute Gasteiger partial charge is 0.265 e. The zero-order chi connectivity index (χ0) is 15.4. The van der Waals surface area contributed by atoms with E-state index in [1.54, 1.807) is 4.90 Å². The van der Waals surface area contributed by atoms with E-state index < -0.39 is 6.10 Å². The van der Waals surface area contributed by atoms with E-state index in [0.717, 1.165) is 17.7 Å². The highest BCUT2D eigenvalue weighted by molar-refractivity contribution is 5.97. The Kier molecular flexibility index (Phi) is 5.20. The molecule has 1 aliphatic rings. The molecule has 0 radical (unpaired) electrons. The molecule has 116 valence electrons. The molecule has 1 aromatic rings. The number of carbonyl (C=O) groups excluding carboxylic acids is 1. The lowest BCUT2D eigenvalue weighted by Crippen LogP contribution is -2.41. The second kappa shape index (κ2) is 6.91. The highest BCUT2D eigenvalue weighted by Gasteiger charge is 2.26. The van der Waals surface area contributed by atoms with E-state index in [0.29, 0.717) is 31.2 Å². The molecule has 5 heteroatoms. The van der Waals surface area contributed by atoms with Crippen molar-refractivity contribution < 1.29 is 14.6 Å². The van der Waals surface area contributed by atoms with Gasteiger partial charge in [-0.25, -0.2) is 0 Å². The maximum absolute atomic E-state index is 12.1. The van der Waals surface area contributed by atoms with Gasteiger partial charge in [0, 0.05) is 6.54 Å². The third-order valence-electron chi connectivity index (χ3n) is 3.54. The van der Waals surface area contributed by atoms with E-state index in [2.05, 4.69) is 13.8 Å². The molecular formula is C16H24N2O3. The van der Waals surface area contributed by atoms with Crippen LogP contribution >= 0.6 is 0 Å². The molecule has 1 aliphatic heterocycles. The van der Waals surface area contributed by atoms with Gasteiger partial charge in [0.2, 0.25) is 0 Å². The maximum atomic E-state index is 12.1. The lowest BCUT2D eigenvalue weighted by atomic mass is 10.0. The van der Waals surface area contributed by atoms with Gasteiger partial charge in [0.1, 0.15) is 5.75 Å². The fraction of sp³-hybridized carbons (Fsp3) is 0.562. The number of carbonyl (C=O) groups is 1. The lowest BCUT2D eigenvalue weighted by molar-refractivity contribution is -0.121. The number of hydrogen-bond donors (Lipinski definition) is 2. The van der Waals surface area contributed by atoms with E-state index in [-0.39, 0.29) is 12.5 Å². The van der Waals surface area contributed by atoms with Gasteiger partial charge in [-0.15, -0.1) is 0 Å². The molecule has 0 bridgehead atoms. The van der Waals surface area contributed by atoms with E-state index in [9.17, 15) is 9.90 Å².